The van der Waals surface area contributed by atoms with Crippen molar-refractivity contribution in [2.75, 3.05) is 9.80 Å². The minimum atomic E-state index is -0.306. The van der Waals surface area contributed by atoms with Crippen LogP contribution < -0.4 is 9.80 Å². The minimum Gasteiger partial charge on any atom is -0.268 e. The van der Waals surface area contributed by atoms with Crippen LogP contribution in [0.5, 0.6) is 0 Å². The lowest BCUT2D eigenvalue weighted by atomic mass is 9.81. The quantitative estimate of drug-likeness (QED) is 0.0863. The topological polar surface area (TPSA) is 74.8 Å². The molecule has 4 amide bonds. The Kier molecular flexibility index (Phi) is 14.8. The van der Waals surface area contributed by atoms with Crippen LogP contribution in [0.2, 0.25) is 0 Å². The van der Waals surface area contributed by atoms with Gasteiger partial charge in [-0.2, -0.15) is 0 Å². The third-order valence-corrected chi connectivity index (χ3v) is 32.7. The summed E-state index contributed by atoms with van der Waals surface area (Å²) in [5, 5.41) is 44.5. The van der Waals surface area contributed by atoms with Crippen molar-refractivity contribution < 1.29 is 19.2 Å². The van der Waals surface area contributed by atoms with E-state index in [0.717, 1.165) is 93.0 Å². The summed E-state index contributed by atoms with van der Waals surface area (Å²) in [6.45, 7) is 0. The summed E-state index contributed by atoms with van der Waals surface area (Å²) < 4.78 is 0. The van der Waals surface area contributed by atoms with Crippen LogP contribution in [-0.2, 0) is 0 Å². The highest BCUT2D eigenvalue weighted by atomic mass is 16.2. The molecule has 0 bridgehead atoms. The number of fused-ring (bicyclic) bond motifs is 18. The summed E-state index contributed by atoms with van der Waals surface area (Å²) in [6, 6.07) is 151. The number of benzene rings is 28. The molecule has 6 nitrogen and oxygen atoms in total. The minimum absolute atomic E-state index is 0.301. The van der Waals surface area contributed by atoms with Crippen molar-refractivity contribution in [1.82, 2.24) is 0 Å². The van der Waals surface area contributed by atoms with Gasteiger partial charge in [-0.1, -0.05) is 400 Å². The highest BCUT2D eigenvalue weighted by Crippen LogP contribution is 2.63. The van der Waals surface area contributed by atoms with E-state index in [9.17, 15) is 0 Å². The van der Waals surface area contributed by atoms with Crippen LogP contribution >= 0.6 is 0 Å². The van der Waals surface area contributed by atoms with Crippen LogP contribution in [0.1, 0.15) is 41.4 Å². The van der Waals surface area contributed by atoms with E-state index in [1.54, 1.807) is 0 Å². The molecule has 28 aromatic carbocycles. The van der Waals surface area contributed by atoms with E-state index in [4.69, 9.17) is 0 Å². The number of hydrogen-bond donors (Lipinski definition) is 0. The van der Waals surface area contributed by atoms with Crippen LogP contribution in [0.15, 0.2) is 425 Å². The number of rotatable bonds is 8. The summed E-state index contributed by atoms with van der Waals surface area (Å²) >= 11 is 0. The number of anilines is 2. The molecule has 0 unspecified atom stereocenters. The first-order valence-corrected chi connectivity index (χ1v) is 48.9. The Labute approximate surface area is 808 Å². The Morgan fingerprint density at radius 2 is 0.317 bits per heavy atom. The van der Waals surface area contributed by atoms with Gasteiger partial charge in [-0.15, -0.1) is 0 Å². The number of imide groups is 2. The zero-order chi connectivity index (χ0) is 92.8. The van der Waals surface area contributed by atoms with Gasteiger partial charge in [-0.25, -0.2) is 9.80 Å². The van der Waals surface area contributed by atoms with Crippen LogP contribution in [0, 0.1) is 41.7 Å². The average Bonchev–Trinajstić information content (AvgIpc) is 1.43. The molecule has 0 atom stereocenters. The highest BCUT2D eigenvalue weighted by molar-refractivity contribution is 6.49. The molecule has 6 heteroatoms. The van der Waals surface area contributed by atoms with Gasteiger partial charge in [0.05, 0.1) is 33.6 Å². The first kappa shape index (κ1) is 76.3. The molecule has 0 N–H and O–H groups in total. The van der Waals surface area contributed by atoms with Gasteiger partial charge in [0.2, 0.25) is 0 Å². The average molecular weight is 1800 g/mol. The molecular weight excluding hydrogens is 1730 g/mol. The van der Waals surface area contributed by atoms with Crippen molar-refractivity contribution in [3.8, 4) is 111 Å². The second kappa shape index (κ2) is 27.5. The predicted molar refractivity (Wildman–Crippen MR) is 583 cm³/mol. The molecule has 0 aromatic heterocycles. The van der Waals surface area contributed by atoms with E-state index < -0.39 is 0 Å². The van der Waals surface area contributed by atoms with E-state index in [1.807, 2.05) is 133 Å². The Bertz CT molecular complexity index is 10700. The zero-order valence-electron chi connectivity index (χ0n) is 75.9. The first-order chi connectivity index (χ1) is 70.3. The molecule has 28 aromatic rings. The maximum atomic E-state index is 15.3. The standard InChI is InChI=1S/C74H39NO2.C62H31NO2/c76-73-71-59(42-20-10-3-11-21-42)69-57-38-34-53-49-30-28-47-51-32-36-55-61-45(40-16-6-1-7-17-40)26-27-46(41-18-8-2-9-19-41)62(61)56-37-33-52(65(51)67(55)56)48-29-31-50(64(49)63(47)48)54-35-39-58(68(57)66(53)54)70(69)60(43-22-12-4-13-23-43)72(71)74(77)75(73)44-24-14-5-15-25-44;64-61-59-49(32-12-4-1-5-13-32)57-47-30-28-45-43-26-24-41-39-22-20-37-35-18-10-11-19-36(35)38-21-23-40(52(39)51(37)38)42-25-27-44(54(43)53(41)42)46-29-31-48(56(47)55(45)46)58(57)50(33-14-6-2-7-15-33)60(59)62(65)63(61)34-16-8-3-9-17-34/h1-39H;1-31H. The second-order valence-electron chi connectivity index (χ2n) is 39.1. The van der Waals surface area contributed by atoms with Crippen molar-refractivity contribution in [1.29, 1.82) is 0 Å². The predicted octanol–water partition coefficient (Wildman–Crippen LogP) is 33.9. The molecule has 0 radical (unpaired) electrons. The number of carbonyl (C=O) groups is 4. The normalized spacial score (nSPS) is 13.4. The monoisotopic (exact) mass is 1790 g/mol. The molecule has 2 aliphatic heterocycles. The van der Waals surface area contributed by atoms with E-state index in [1.165, 1.54) is 221 Å². The van der Waals surface area contributed by atoms with Crippen LogP contribution in [-0.4, -0.2) is 23.6 Å². The van der Waals surface area contributed by atoms with Crippen molar-refractivity contribution in [3.63, 3.8) is 0 Å². The Hall–Kier alpha value is -18.9. The Balaban J connectivity index is 0.000000127. The highest BCUT2D eigenvalue weighted by Gasteiger charge is 2.48. The fourth-order valence-electron chi connectivity index (χ4n) is 27.4. The summed E-state index contributed by atoms with van der Waals surface area (Å²) in [5.74, 6) is -1.21. The van der Waals surface area contributed by atoms with Crippen molar-refractivity contribution >= 4 is 186 Å². The Morgan fingerprint density at radius 3 is 0.606 bits per heavy atom. The van der Waals surface area contributed by atoms with E-state index in [0.29, 0.717) is 33.6 Å². The SMILES string of the molecule is O=C1c2c(c(-c3ccccc3)c3c(c2-c2ccccc2)-c2ccc4c5ccc6c7ccc8c9c(ccc(c%10ccc(c%11ccc-3c2c4%11)c5c6%10)c97)-c2ccccc2-8)C(=O)N1c1ccccc1.O=C1c2c(c(-c3ccccc3)c3c(c2-c2ccccc2)=c2ccc4c5ccc6c7ccc8c9c(ccc(c%10ccc(c%11ccc=3c2c4%11)c5c6%10)c97)=c2c(-c3ccccc3)ccc(-c3ccccc3)c2=8)C(=O)N1c1ccccc1. The van der Waals surface area contributed by atoms with E-state index in [-0.39, 0.29) is 23.6 Å². The lowest BCUT2D eigenvalue weighted by Gasteiger charge is -2.20. The number of para-hydroxylation sites is 2. The summed E-state index contributed by atoms with van der Waals surface area (Å²) in [7, 11) is 0. The van der Waals surface area contributed by atoms with Gasteiger partial charge in [-0.05, 0) is 306 Å². The second-order valence-corrected chi connectivity index (χ2v) is 39.1. The van der Waals surface area contributed by atoms with Crippen molar-refractivity contribution in [2.24, 2.45) is 0 Å². The number of amides is 4. The maximum absolute atomic E-state index is 15.3. The van der Waals surface area contributed by atoms with Gasteiger partial charge in [-0.3, -0.25) is 19.2 Å². The smallest absolute Gasteiger partial charge is 0.266 e. The van der Waals surface area contributed by atoms with Crippen molar-refractivity contribution in [2.45, 2.75) is 0 Å². The Morgan fingerprint density at radius 1 is 0.120 bits per heavy atom. The summed E-state index contributed by atoms with van der Waals surface area (Å²) in [4.78, 5) is 63.5. The lowest BCUT2D eigenvalue weighted by Crippen LogP contribution is -2.29. The molecule has 0 saturated heterocycles. The molecule has 648 valence electrons. The molecule has 0 spiro atoms. The number of carbonyl (C=O) groups excluding carboxylic acids is 4. The first-order valence-electron chi connectivity index (χ1n) is 48.9. The van der Waals surface area contributed by atoms with E-state index >= 15 is 19.2 Å². The molecule has 6 aliphatic rings. The molecule has 2 heterocycles. The fourth-order valence-corrected chi connectivity index (χ4v) is 27.4. The van der Waals surface area contributed by atoms with E-state index in [2.05, 4.69) is 291 Å². The van der Waals surface area contributed by atoms with Gasteiger partial charge in [0, 0.05) is 22.3 Å². The number of nitrogens with zero attached hydrogens (tertiary/aromatic N) is 2. The van der Waals surface area contributed by atoms with Gasteiger partial charge in [0.15, 0.2) is 0 Å². The zero-order valence-corrected chi connectivity index (χ0v) is 75.9. The van der Waals surface area contributed by atoms with Crippen LogP contribution in [0.25, 0.3) is 262 Å². The summed E-state index contributed by atoms with van der Waals surface area (Å²) in [5.41, 5.74) is 24.2. The molecule has 34 rings (SSSR count). The third-order valence-electron chi connectivity index (χ3n) is 32.7. The van der Waals surface area contributed by atoms with Crippen LogP contribution in [0.4, 0.5) is 11.4 Å². The van der Waals surface area contributed by atoms with Crippen LogP contribution in [0.3, 0.4) is 0 Å². The third kappa shape index (κ3) is 9.49. The van der Waals surface area contributed by atoms with Gasteiger partial charge in [0.1, 0.15) is 0 Å². The molecule has 4 aliphatic carbocycles. The summed E-state index contributed by atoms with van der Waals surface area (Å²) in [6.07, 6.45) is 0. The van der Waals surface area contributed by atoms with Crippen molar-refractivity contribution in [3.05, 3.63) is 489 Å². The van der Waals surface area contributed by atoms with Gasteiger partial charge in [0.25, 0.3) is 23.6 Å². The number of hydrogen-bond acceptors (Lipinski definition) is 4. The maximum Gasteiger partial charge on any atom is 0.266 e. The molecular formula is C136H70N2O4. The molecule has 0 fully saturated rings. The fraction of sp³-hybridized carbons (Fsp3) is 0. The lowest BCUT2D eigenvalue weighted by molar-refractivity contribution is 0.0910. The molecule has 0 saturated carbocycles. The largest absolute Gasteiger partial charge is 0.268 e. The van der Waals surface area contributed by atoms with Gasteiger partial charge >= 0.3 is 0 Å². The molecule has 142 heavy (non-hydrogen) atoms. The van der Waals surface area contributed by atoms with Gasteiger partial charge < -0.3 is 0 Å².